The molecule has 2 aliphatic rings. The van der Waals surface area contributed by atoms with E-state index in [2.05, 4.69) is 17.0 Å². The Labute approximate surface area is 172 Å². The third kappa shape index (κ3) is 4.66. The minimum absolute atomic E-state index is 0.149. The van der Waals surface area contributed by atoms with Crippen molar-refractivity contribution < 1.29 is 19.0 Å². The van der Waals surface area contributed by atoms with Crippen molar-refractivity contribution in [3.63, 3.8) is 0 Å². The fourth-order valence-electron chi connectivity index (χ4n) is 4.22. The van der Waals surface area contributed by atoms with Gasteiger partial charge in [0.05, 0.1) is 13.2 Å². The molecule has 0 N–H and O–H groups in total. The predicted octanol–water partition coefficient (Wildman–Crippen LogP) is 4.54. The van der Waals surface area contributed by atoms with Crippen molar-refractivity contribution >= 4 is 5.91 Å². The Kier molecular flexibility index (Phi) is 6.23. The number of hydrogen-bond donors (Lipinski definition) is 0. The number of carbonyl (C=O) groups is 1. The van der Waals surface area contributed by atoms with E-state index in [0.29, 0.717) is 26.1 Å². The zero-order valence-corrected chi connectivity index (χ0v) is 17.1. The van der Waals surface area contributed by atoms with Gasteiger partial charge in [-0.3, -0.25) is 4.79 Å². The maximum Gasteiger partial charge on any atom is 0.223 e. The Morgan fingerprint density at radius 3 is 2.62 bits per heavy atom. The topological polar surface area (TPSA) is 48.0 Å². The summed E-state index contributed by atoms with van der Waals surface area (Å²) in [6.45, 7) is 2.00. The second-order valence-electron chi connectivity index (χ2n) is 7.70. The van der Waals surface area contributed by atoms with Gasteiger partial charge in [-0.25, -0.2) is 0 Å². The molecule has 0 saturated carbocycles. The van der Waals surface area contributed by atoms with Gasteiger partial charge in [0, 0.05) is 13.0 Å². The summed E-state index contributed by atoms with van der Waals surface area (Å²) in [5, 5.41) is 0. The monoisotopic (exact) mass is 395 g/mol. The molecule has 0 bridgehead atoms. The van der Waals surface area contributed by atoms with Crippen LogP contribution in [0.4, 0.5) is 0 Å². The van der Waals surface area contributed by atoms with Crippen LogP contribution in [0.25, 0.3) is 0 Å². The van der Waals surface area contributed by atoms with Crippen molar-refractivity contribution in [2.24, 2.45) is 0 Å². The highest BCUT2D eigenvalue weighted by Crippen LogP contribution is 2.33. The molecule has 2 aliphatic heterocycles. The molecule has 1 fully saturated rings. The molecule has 2 aromatic carbocycles. The molecule has 5 heteroatoms. The largest absolute Gasteiger partial charge is 0.497 e. The van der Waals surface area contributed by atoms with Crippen LogP contribution in [0.2, 0.25) is 0 Å². The summed E-state index contributed by atoms with van der Waals surface area (Å²) in [6.07, 6.45) is 5.64. The van der Waals surface area contributed by atoms with Gasteiger partial charge >= 0.3 is 0 Å². The van der Waals surface area contributed by atoms with Crippen LogP contribution in [0.15, 0.2) is 42.5 Å². The summed E-state index contributed by atoms with van der Waals surface area (Å²) in [4.78, 5) is 15.3. The number of hydrogen-bond acceptors (Lipinski definition) is 4. The quantitative estimate of drug-likeness (QED) is 0.746. The Bertz CT molecular complexity index is 833. The van der Waals surface area contributed by atoms with Crippen LogP contribution >= 0.6 is 0 Å². The second-order valence-corrected chi connectivity index (χ2v) is 7.70. The van der Waals surface area contributed by atoms with E-state index in [1.165, 1.54) is 12.0 Å². The Morgan fingerprint density at radius 1 is 1.03 bits per heavy atom. The fourth-order valence-corrected chi connectivity index (χ4v) is 4.22. The van der Waals surface area contributed by atoms with Crippen LogP contribution in [0, 0.1) is 0 Å². The highest BCUT2D eigenvalue weighted by Gasteiger charge is 2.26. The number of rotatable bonds is 5. The SMILES string of the molecule is COc1ccc([C@@H]2CCCCCN2C(=O)CCc2ccc3c(c2)OCCO3)cc1. The van der Waals surface area contributed by atoms with Crippen molar-refractivity contribution in [3.05, 3.63) is 53.6 Å². The summed E-state index contributed by atoms with van der Waals surface area (Å²) < 4.78 is 16.5. The van der Waals surface area contributed by atoms with Crippen molar-refractivity contribution in [1.29, 1.82) is 0 Å². The summed E-state index contributed by atoms with van der Waals surface area (Å²) >= 11 is 0. The number of benzene rings is 2. The molecular formula is C24H29NO4. The molecule has 0 spiro atoms. The molecule has 1 amide bonds. The highest BCUT2D eigenvalue weighted by atomic mass is 16.6. The van der Waals surface area contributed by atoms with E-state index in [0.717, 1.165) is 48.6 Å². The summed E-state index contributed by atoms with van der Waals surface area (Å²) in [6, 6.07) is 14.3. The van der Waals surface area contributed by atoms with Crippen molar-refractivity contribution in [2.45, 2.75) is 44.6 Å². The standard InChI is InChI=1S/C24H29NO4/c1-27-20-10-8-19(9-11-20)21-5-3-2-4-14-25(21)24(26)13-7-18-6-12-22-23(17-18)29-16-15-28-22/h6,8-12,17,21H,2-5,7,13-16H2,1H3/t21-/m0/s1. The molecule has 1 atom stereocenters. The number of amides is 1. The first kappa shape index (κ1) is 19.6. The molecule has 1 saturated heterocycles. The van der Waals surface area contributed by atoms with Gasteiger partial charge < -0.3 is 19.1 Å². The lowest BCUT2D eigenvalue weighted by molar-refractivity contribution is -0.133. The number of aryl methyl sites for hydroxylation is 1. The lowest BCUT2D eigenvalue weighted by Gasteiger charge is -2.31. The summed E-state index contributed by atoms with van der Waals surface area (Å²) in [5.74, 6) is 2.65. The minimum atomic E-state index is 0.149. The van der Waals surface area contributed by atoms with E-state index in [9.17, 15) is 4.79 Å². The molecule has 154 valence electrons. The van der Waals surface area contributed by atoms with Crippen molar-refractivity contribution in [3.8, 4) is 17.2 Å². The van der Waals surface area contributed by atoms with Gasteiger partial charge in [-0.2, -0.15) is 0 Å². The molecule has 29 heavy (non-hydrogen) atoms. The molecule has 0 aliphatic carbocycles. The summed E-state index contributed by atoms with van der Waals surface area (Å²) in [7, 11) is 1.67. The van der Waals surface area contributed by atoms with Gasteiger partial charge in [0.1, 0.15) is 19.0 Å². The van der Waals surface area contributed by atoms with Crippen LogP contribution in [0.1, 0.15) is 49.3 Å². The molecule has 5 nitrogen and oxygen atoms in total. The Balaban J connectivity index is 1.44. The first-order chi connectivity index (χ1) is 14.2. The molecular weight excluding hydrogens is 366 g/mol. The number of likely N-dealkylation sites (tertiary alicyclic amines) is 1. The molecule has 4 rings (SSSR count). The van der Waals surface area contributed by atoms with E-state index in [-0.39, 0.29) is 11.9 Å². The zero-order valence-electron chi connectivity index (χ0n) is 17.1. The minimum Gasteiger partial charge on any atom is -0.497 e. The molecule has 0 radical (unpaired) electrons. The third-order valence-corrected chi connectivity index (χ3v) is 5.81. The van der Waals surface area contributed by atoms with Gasteiger partial charge in [-0.1, -0.05) is 31.0 Å². The van der Waals surface area contributed by atoms with Crippen LogP contribution in [0.5, 0.6) is 17.2 Å². The first-order valence-corrected chi connectivity index (χ1v) is 10.6. The molecule has 0 aromatic heterocycles. The molecule has 0 unspecified atom stereocenters. The van der Waals surface area contributed by atoms with E-state index in [1.807, 2.05) is 30.3 Å². The number of carbonyl (C=O) groups excluding carboxylic acids is 1. The normalized spacial score (nSPS) is 18.8. The van der Waals surface area contributed by atoms with Gasteiger partial charge in [0.15, 0.2) is 11.5 Å². The first-order valence-electron chi connectivity index (χ1n) is 10.6. The highest BCUT2D eigenvalue weighted by molar-refractivity contribution is 5.77. The van der Waals surface area contributed by atoms with Crippen LogP contribution in [-0.4, -0.2) is 37.7 Å². The second kappa shape index (κ2) is 9.21. The smallest absolute Gasteiger partial charge is 0.223 e. The Morgan fingerprint density at radius 2 is 1.83 bits per heavy atom. The number of ether oxygens (including phenoxy) is 3. The number of fused-ring (bicyclic) bond motifs is 1. The zero-order chi connectivity index (χ0) is 20.1. The summed E-state index contributed by atoms with van der Waals surface area (Å²) in [5.41, 5.74) is 2.30. The van der Waals surface area contributed by atoms with E-state index in [4.69, 9.17) is 14.2 Å². The predicted molar refractivity (Wildman–Crippen MR) is 112 cm³/mol. The maximum absolute atomic E-state index is 13.2. The van der Waals surface area contributed by atoms with Crippen LogP contribution in [-0.2, 0) is 11.2 Å². The number of nitrogens with zero attached hydrogens (tertiary/aromatic N) is 1. The van der Waals surface area contributed by atoms with Gasteiger partial charge in [-0.15, -0.1) is 0 Å². The number of methoxy groups -OCH3 is 1. The molecule has 2 aromatic rings. The lowest BCUT2D eigenvalue weighted by atomic mass is 10.00. The lowest BCUT2D eigenvalue weighted by Crippen LogP contribution is -2.35. The third-order valence-electron chi connectivity index (χ3n) is 5.81. The van der Waals surface area contributed by atoms with Crippen molar-refractivity contribution in [1.82, 2.24) is 4.90 Å². The van der Waals surface area contributed by atoms with Crippen molar-refractivity contribution in [2.75, 3.05) is 26.9 Å². The van der Waals surface area contributed by atoms with Gasteiger partial charge in [0.25, 0.3) is 0 Å². The Hall–Kier alpha value is -2.69. The van der Waals surface area contributed by atoms with Crippen LogP contribution < -0.4 is 14.2 Å². The molecule has 2 heterocycles. The van der Waals surface area contributed by atoms with Gasteiger partial charge in [0.2, 0.25) is 5.91 Å². The fraction of sp³-hybridized carbons (Fsp3) is 0.458. The maximum atomic E-state index is 13.2. The van der Waals surface area contributed by atoms with E-state index < -0.39 is 0 Å². The van der Waals surface area contributed by atoms with Gasteiger partial charge in [-0.05, 0) is 54.7 Å². The van der Waals surface area contributed by atoms with Crippen LogP contribution in [0.3, 0.4) is 0 Å². The average molecular weight is 395 g/mol. The van der Waals surface area contributed by atoms with E-state index >= 15 is 0 Å². The van der Waals surface area contributed by atoms with E-state index in [1.54, 1.807) is 7.11 Å². The average Bonchev–Trinajstić information content (AvgIpc) is 3.03.